The zero-order valence-corrected chi connectivity index (χ0v) is 21.0. The topological polar surface area (TPSA) is 67.4 Å². The average molecular weight is 534 g/mol. The Morgan fingerprint density at radius 3 is 2.63 bits per heavy atom. The van der Waals surface area contributed by atoms with Gasteiger partial charge < -0.3 is 24.8 Å². The second-order valence-electron chi connectivity index (χ2n) is 7.56. The van der Waals surface area contributed by atoms with Crippen molar-refractivity contribution < 1.29 is 14.2 Å². The van der Waals surface area contributed by atoms with E-state index in [-0.39, 0.29) is 24.0 Å². The molecule has 1 saturated heterocycles. The lowest BCUT2D eigenvalue weighted by Crippen LogP contribution is -2.39. The lowest BCUT2D eigenvalue weighted by atomic mass is 10.1. The molecule has 0 amide bonds. The monoisotopic (exact) mass is 534 g/mol. The minimum atomic E-state index is 0. The first-order valence-corrected chi connectivity index (χ1v) is 10.7. The molecule has 1 aliphatic rings. The van der Waals surface area contributed by atoms with Crippen molar-refractivity contribution in [2.45, 2.75) is 26.8 Å². The third kappa shape index (κ3) is 11.3. The number of ether oxygens (including phenoxy) is 3. The minimum absolute atomic E-state index is 0. The summed E-state index contributed by atoms with van der Waals surface area (Å²) in [4.78, 5) is 6.66. The third-order valence-electron chi connectivity index (χ3n) is 4.79. The van der Waals surface area contributed by atoms with Crippen LogP contribution in [0.5, 0.6) is 5.75 Å². The van der Waals surface area contributed by atoms with Gasteiger partial charge in [0.15, 0.2) is 5.96 Å². The van der Waals surface area contributed by atoms with E-state index in [0.29, 0.717) is 25.7 Å². The van der Waals surface area contributed by atoms with Gasteiger partial charge in [0.2, 0.25) is 0 Å². The van der Waals surface area contributed by atoms with Crippen molar-refractivity contribution >= 4 is 29.9 Å². The molecule has 2 N–H and O–H groups in total. The van der Waals surface area contributed by atoms with Gasteiger partial charge in [0.1, 0.15) is 12.4 Å². The van der Waals surface area contributed by atoms with E-state index >= 15 is 0 Å². The number of para-hydroxylation sites is 1. The average Bonchev–Trinajstić information content (AvgIpc) is 2.74. The minimum Gasteiger partial charge on any atom is -0.492 e. The zero-order chi connectivity index (χ0) is 20.7. The van der Waals surface area contributed by atoms with Gasteiger partial charge in [-0.15, -0.1) is 24.0 Å². The Labute approximate surface area is 199 Å². The SMILES string of the molecule is CN=C(NCCOCCC(C)C)NCc1ccccc1OCCN1CCOCC1.I. The molecule has 1 aromatic carbocycles. The molecular weight excluding hydrogens is 495 g/mol. The highest BCUT2D eigenvalue weighted by Crippen LogP contribution is 2.17. The fraction of sp³-hybridized carbons (Fsp3) is 0.682. The van der Waals surface area contributed by atoms with Crippen LogP contribution in [0.3, 0.4) is 0 Å². The van der Waals surface area contributed by atoms with E-state index in [0.717, 1.165) is 69.7 Å². The van der Waals surface area contributed by atoms with E-state index in [1.54, 1.807) is 7.05 Å². The number of halogens is 1. The largest absolute Gasteiger partial charge is 0.492 e. The Hall–Kier alpha value is -1.10. The lowest BCUT2D eigenvalue weighted by Gasteiger charge is -2.26. The van der Waals surface area contributed by atoms with Crippen molar-refractivity contribution in [3.05, 3.63) is 29.8 Å². The van der Waals surface area contributed by atoms with Gasteiger partial charge in [0, 0.05) is 51.9 Å². The molecule has 0 bridgehead atoms. The molecule has 30 heavy (non-hydrogen) atoms. The number of nitrogens with zero attached hydrogens (tertiary/aromatic N) is 2. The normalized spacial score (nSPS) is 15.0. The quantitative estimate of drug-likeness (QED) is 0.186. The van der Waals surface area contributed by atoms with E-state index in [9.17, 15) is 0 Å². The van der Waals surface area contributed by atoms with Crippen molar-refractivity contribution in [2.75, 3.05) is 66.3 Å². The second-order valence-corrected chi connectivity index (χ2v) is 7.56. The molecule has 2 rings (SSSR count). The Kier molecular flexibility index (Phi) is 14.9. The van der Waals surface area contributed by atoms with E-state index in [1.165, 1.54) is 0 Å². The van der Waals surface area contributed by atoms with Gasteiger partial charge in [-0.05, 0) is 18.4 Å². The lowest BCUT2D eigenvalue weighted by molar-refractivity contribution is 0.0322. The van der Waals surface area contributed by atoms with Crippen molar-refractivity contribution in [1.29, 1.82) is 0 Å². The Morgan fingerprint density at radius 2 is 1.90 bits per heavy atom. The van der Waals surface area contributed by atoms with Gasteiger partial charge in [-0.3, -0.25) is 9.89 Å². The second kappa shape index (κ2) is 16.6. The van der Waals surface area contributed by atoms with Crippen LogP contribution in [0.25, 0.3) is 0 Å². The van der Waals surface area contributed by atoms with Crippen molar-refractivity contribution in [3.63, 3.8) is 0 Å². The van der Waals surface area contributed by atoms with E-state index < -0.39 is 0 Å². The van der Waals surface area contributed by atoms with Crippen molar-refractivity contribution in [2.24, 2.45) is 10.9 Å². The van der Waals surface area contributed by atoms with Crippen LogP contribution in [0.1, 0.15) is 25.8 Å². The fourth-order valence-electron chi connectivity index (χ4n) is 2.96. The maximum Gasteiger partial charge on any atom is 0.191 e. The van der Waals surface area contributed by atoms with Crippen LogP contribution in [0.2, 0.25) is 0 Å². The van der Waals surface area contributed by atoms with Gasteiger partial charge in [-0.25, -0.2) is 0 Å². The summed E-state index contributed by atoms with van der Waals surface area (Å²) >= 11 is 0. The molecule has 0 saturated carbocycles. The van der Waals surface area contributed by atoms with Crippen LogP contribution in [0, 0.1) is 5.92 Å². The third-order valence-corrected chi connectivity index (χ3v) is 4.79. The predicted octanol–water partition coefficient (Wildman–Crippen LogP) is 2.74. The summed E-state index contributed by atoms with van der Waals surface area (Å²) in [6.07, 6.45) is 1.09. The van der Waals surface area contributed by atoms with Gasteiger partial charge in [-0.2, -0.15) is 0 Å². The molecule has 0 atom stereocenters. The highest BCUT2D eigenvalue weighted by Gasteiger charge is 2.10. The number of aliphatic imine (C=N–C) groups is 1. The summed E-state index contributed by atoms with van der Waals surface area (Å²) < 4.78 is 17.1. The maximum absolute atomic E-state index is 6.05. The number of guanidine groups is 1. The number of nitrogens with one attached hydrogen (secondary N) is 2. The molecule has 8 heteroatoms. The zero-order valence-electron chi connectivity index (χ0n) is 18.7. The van der Waals surface area contributed by atoms with Gasteiger partial charge >= 0.3 is 0 Å². The Bertz CT molecular complexity index is 596. The smallest absolute Gasteiger partial charge is 0.191 e. The first-order valence-electron chi connectivity index (χ1n) is 10.7. The first kappa shape index (κ1) is 26.9. The number of morpholine rings is 1. The number of benzene rings is 1. The van der Waals surface area contributed by atoms with Gasteiger partial charge in [-0.1, -0.05) is 32.0 Å². The summed E-state index contributed by atoms with van der Waals surface area (Å²) in [5.41, 5.74) is 1.12. The number of hydrogen-bond donors (Lipinski definition) is 2. The molecule has 0 unspecified atom stereocenters. The summed E-state index contributed by atoms with van der Waals surface area (Å²) in [7, 11) is 1.78. The molecule has 0 spiro atoms. The van der Waals surface area contributed by atoms with Gasteiger partial charge in [0.25, 0.3) is 0 Å². The van der Waals surface area contributed by atoms with Crippen LogP contribution in [-0.2, 0) is 16.0 Å². The van der Waals surface area contributed by atoms with E-state index in [4.69, 9.17) is 14.2 Å². The standard InChI is InChI=1S/C22H38N4O3.HI/c1-19(2)8-13-27-14-9-24-22(23-3)25-18-20-6-4-5-7-21(20)29-17-12-26-10-15-28-16-11-26;/h4-7,19H,8-18H2,1-3H3,(H2,23,24,25);1H. The summed E-state index contributed by atoms with van der Waals surface area (Å²) in [5, 5.41) is 6.64. The predicted molar refractivity (Wildman–Crippen MR) is 133 cm³/mol. The maximum atomic E-state index is 6.05. The first-order chi connectivity index (χ1) is 14.2. The highest BCUT2D eigenvalue weighted by atomic mass is 127. The van der Waals surface area contributed by atoms with Crippen LogP contribution < -0.4 is 15.4 Å². The molecule has 1 aliphatic heterocycles. The number of rotatable bonds is 12. The summed E-state index contributed by atoms with van der Waals surface area (Å²) in [5.74, 6) is 2.36. The van der Waals surface area contributed by atoms with Crippen LogP contribution >= 0.6 is 24.0 Å². The van der Waals surface area contributed by atoms with Crippen molar-refractivity contribution in [3.8, 4) is 5.75 Å². The van der Waals surface area contributed by atoms with Gasteiger partial charge in [0.05, 0.1) is 19.8 Å². The Balaban J connectivity index is 0.00000450. The van der Waals surface area contributed by atoms with E-state index in [2.05, 4.69) is 40.4 Å². The molecule has 1 aromatic rings. The summed E-state index contributed by atoms with van der Waals surface area (Å²) in [6.45, 7) is 12.5. The van der Waals surface area contributed by atoms with Crippen LogP contribution in [0.15, 0.2) is 29.3 Å². The number of hydrogen-bond acceptors (Lipinski definition) is 5. The molecule has 0 radical (unpaired) electrons. The van der Waals surface area contributed by atoms with E-state index in [1.807, 2.05) is 18.2 Å². The highest BCUT2D eigenvalue weighted by molar-refractivity contribution is 14.0. The molecule has 1 fully saturated rings. The molecule has 7 nitrogen and oxygen atoms in total. The molecule has 0 aliphatic carbocycles. The Morgan fingerprint density at radius 1 is 1.13 bits per heavy atom. The molecule has 1 heterocycles. The fourth-order valence-corrected chi connectivity index (χ4v) is 2.96. The molecular formula is C22H39IN4O3. The van der Waals surface area contributed by atoms with Crippen LogP contribution in [-0.4, -0.2) is 77.1 Å². The molecule has 172 valence electrons. The summed E-state index contributed by atoms with van der Waals surface area (Å²) in [6, 6.07) is 8.15. The van der Waals surface area contributed by atoms with Crippen molar-refractivity contribution in [1.82, 2.24) is 15.5 Å². The molecule has 0 aromatic heterocycles. The van der Waals surface area contributed by atoms with Crippen LogP contribution in [0.4, 0.5) is 0 Å².